The molecule has 0 saturated carbocycles. The van der Waals surface area contributed by atoms with Crippen LogP contribution in [0.4, 0.5) is 0 Å². The summed E-state index contributed by atoms with van der Waals surface area (Å²) in [4.78, 5) is 31.9. The Bertz CT molecular complexity index is 1090. The summed E-state index contributed by atoms with van der Waals surface area (Å²) in [5, 5.41) is 0. The highest BCUT2D eigenvalue weighted by atomic mass is 16.7. The highest BCUT2D eigenvalue weighted by molar-refractivity contribution is 5.92. The van der Waals surface area contributed by atoms with Crippen LogP contribution in [0.3, 0.4) is 0 Å². The van der Waals surface area contributed by atoms with Crippen LogP contribution in [0.2, 0.25) is 0 Å². The Hall–Kier alpha value is -3.79. The number of hydrogen-bond donors (Lipinski definition) is 0. The van der Waals surface area contributed by atoms with Crippen molar-refractivity contribution in [3.8, 4) is 23.8 Å². The number of fused-ring (bicyclic) bond motifs is 1. The Balaban J connectivity index is 0.000000440. The summed E-state index contributed by atoms with van der Waals surface area (Å²) in [5.74, 6) is 2.98. The van der Waals surface area contributed by atoms with E-state index in [2.05, 4.69) is 43.1 Å². The van der Waals surface area contributed by atoms with E-state index in [9.17, 15) is 14.4 Å². The third kappa shape index (κ3) is 7.11. The van der Waals surface area contributed by atoms with Gasteiger partial charge >= 0.3 is 11.9 Å². The van der Waals surface area contributed by atoms with E-state index in [1.165, 1.54) is 6.92 Å². The van der Waals surface area contributed by atoms with Gasteiger partial charge in [-0.2, -0.15) is 0 Å². The zero-order valence-corrected chi connectivity index (χ0v) is 20.4. The van der Waals surface area contributed by atoms with Gasteiger partial charge in [-0.25, -0.2) is 4.79 Å². The summed E-state index contributed by atoms with van der Waals surface area (Å²) in [6, 6.07) is 10.9. The van der Waals surface area contributed by atoms with Crippen molar-refractivity contribution >= 4 is 18.4 Å². The average molecular weight is 467 g/mol. The number of hydrogen-bond acceptors (Lipinski definition) is 7. The van der Waals surface area contributed by atoms with E-state index in [4.69, 9.17) is 15.9 Å². The van der Waals surface area contributed by atoms with Crippen LogP contribution in [0.15, 0.2) is 36.4 Å². The molecular formula is C27H30O7. The standard InChI is InChI=1S/C23H24O3.C4H6O4/c1-7-16-12-17(21(24)25-18-10-8-15(2)9-11-18)13-19-20(16)26-23(5,6)14-22(19,3)4;1-4(6)8-3-7-2-5/h1,8-13H,14H2,2-6H3;2H,3H2,1H3. The number of esters is 2. The molecule has 0 saturated heterocycles. The molecule has 0 aromatic heterocycles. The van der Waals surface area contributed by atoms with Crippen molar-refractivity contribution < 1.29 is 33.3 Å². The summed E-state index contributed by atoms with van der Waals surface area (Å²) < 4.78 is 19.9. The maximum Gasteiger partial charge on any atom is 0.343 e. The van der Waals surface area contributed by atoms with Crippen molar-refractivity contribution in [2.45, 2.75) is 59.0 Å². The zero-order chi connectivity index (χ0) is 25.5. The van der Waals surface area contributed by atoms with Gasteiger partial charge in [0.15, 0.2) is 0 Å². The van der Waals surface area contributed by atoms with E-state index in [0.29, 0.717) is 22.6 Å². The molecule has 0 unspecified atom stereocenters. The maximum atomic E-state index is 12.7. The molecule has 3 rings (SSSR count). The first-order chi connectivity index (χ1) is 15.9. The van der Waals surface area contributed by atoms with Crippen LogP contribution >= 0.6 is 0 Å². The average Bonchev–Trinajstić information content (AvgIpc) is 2.74. The lowest BCUT2D eigenvalue weighted by Gasteiger charge is -2.43. The van der Waals surface area contributed by atoms with E-state index in [0.717, 1.165) is 17.5 Å². The minimum atomic E-state index is -0.466. The molecular weight excluding hydrogens is 436 g/mol. The van der Waals surface area contributed by atoms with E-state index < -0.39 is 11.9 Å². The fraction of sp³-hybridized carbons (Fsp3) is 0.370. The first-order valence-corrected chi connectivity index (χ1v) is 10.7. The van der Waals surface area contributed by atoms with Crippen molar-refractivity contribution in [1.82, 2.24) is 0 Å². The Labute approximate surface area is 200 Å². The van der Waals surface area contributed by atoms with Crippen LogP contribution < -0.4 is 9.47 Å². The highest BCUT2D eigenvalue weighted by Crippen LogP contribution is 2.46. The predicted octanol–water partition coefficient (Wildman–Crippen LogP) is 4.71. The van der Waals surface area contributed by atoms with Crippen LogP contribution in [0.5, 0.6) is 11.5 Å². The van der Waals surface area contributed by atoms with Gasteiger partial charge in [-0.3, -0.25) is 9.59 Å². The Morgan fingerprint density at radius 3 is 2.35 bits per heavy atom. The van der Waals surface area contributed by atoms with Crippen LogP contribution in [0.1, 0.15) is 68.1 Å². The first kappa shape index (κ1) is 26.5. The van der Waals surface area contributed by atoms with Crippen molar-refractivity contribution in [2.24, 2.45) is 0 Å². The van der Waals surface area contributed by atoms with E-state index >= 15 is 0 Å². The molecule has 7 heteroatoms. The monoisotopic (exact) mass is 466 g/mol. The molecule has 0 amide bonds. The van der Waals surface area contributed by atoms with Gasteiger partial charge in [-0.15, -0.1) is 6.42 Å². The van der Waals surface area contributed by atoms with Crippen molar-refractivity contribution in [2.75, 3.05) is 6.79 Å². The minimum Gasteiger partial charge on any atom is -0.486 e. The van der Waals surface area contributed by atoms with Crippen LogP contribution in [0, 0.1) is 19.3 Å². The van der Waals surface area contributed by atoms with Gasteiger partial charge in [0.2, 0.25) is 6.79 Å². The molecule has 0 fully saturated rings. The number of benzene rings is 2. The largest absolute Gasteiger partial charge is 0.486 e. The smallest absolute Gasteiger partial charge is 0.343 e. The summed E-state index contributed by atoms with van der Waals surface area (Å²) in [5.41, 5.74) is 2.60. The van der Waals surface area contributed by atoms with Crippen molar-refractivity contribution in [3.63, 3.8) is 0 Å². The van der Waals surface area contributed by atoms with Crippen LogP contribution in [-0.2, 0) is 24.5 Å². The highest BCUT2D eigenvalue weighted by Gasteiger charge is 2.40. The number of carbonyl (C=O) groups excluding carboxylic acids is 3. The second-order valence-corrected chi connectivity index (χ2v) is 9.19. The number of carbonyl (C=O) groups is 3. The quantitative estimate of drug-likeness (QED) is 0.157. The molecule has 2 aromatic rings. The van der Waals surface area contributed by atoms with E-state index in [1.807, 2.05) is 25.1 Å². The van der Waals surface area contributed by atoms with Crippen molar-refractivity contribution in [1.29, 1.82) is 0 Å². The molecule has 1 aliphatic rings. The molecule has 0 N–H and O–H groups in total. The van der Waals surface area contributed by atoms with Gasteiger partial charge < -0.3 is 18.9 Å². The predicted molar refractivity (Wildman–Crippen MR) is 127 cm³/mol. The molecule has 0 atom stereocenters. The molecule has 180 valence electrons. The number of aryl methyl sites for hydroxylation is 1. The second-order valence-electron chi connectivity index (χ2n) is 9.19. The topological polar surface area (TPSA) is 88.1 Å². The number of ether oxygens (including phenoxy) is 4. The molecule has 0 aliphatic carbocycles. The Kier molecular flexibility index (Phi) is 8.47. The van der Waals surface area contributed by atoms with Gasteiger partial charge in [0.25, 0.3) is 6.47 Å². The van der Waals surface area contributed by atoms with Gasteiger partial charge in [-0.1, -0.05) is 37.5 Å². The summed E-state index contributed by atoms with van der Waals surface area (Å²) in [6.07, 6.45) is 6.53. The van der Waals surface area contributed by atoms with E-state index in [-0.39, 0.29) is 24.3 Å². The number of terminal acetylenes is 1. The maximum absolute atomic E-state index is 12.7. The summed E-state index contributed by atoms with van der Waals surface area (Å²) in [6.45, 7) is 11.5. The zero-order valence-electron chi connectivity index (χ0n) is 20.4. The first-order valence-electron chi connectivity index (χ1n) is 10.7. The normalized spacial score (nSPS) is 14.6. The van der Waals surface area contributed by atoms with Crippen LogP contribution in [-0.4, -0.2) is 30.8 Å². The van der Waals surface area contributed by atoms with Crippen molar-refractivity contribution in [3.05, 3.63) is 58.7 Å². The SMILES string of the molecule is C#Cc1cc(C(=O)Oc2ccc(C)cc2)cc2c1OC(C)(C)CC2(C)C.CC(=O)OCOC=O. The lowest BCUT2D eigenvalue weighted by atomic mass is 9.72. The molecule has 1 aliphatic heterocycles. The molecule has 7 nitrogen and oxygen atoms in total. The Morgan fingerprint density at radius 2 is 1.79 bits per heavy atom. The summed E-state index contributed by atoms with van der Waals surface area (Å²) >= 11 is 0. The third-order valence-electron chi connectivity index (χ3n) is 5.09. The lowest BCUT2D eigenvalue weighted by molar-refractivity contribution is -0.157. The lowest BCUT2D eigenvalue weighted by Crippen LogP contribution is -2.41. The molecule has 0 spiro atoms. The Morgan fingerprint density at radius 1 is 1.15 bits per heavy atom. The van der Waals surface area contributed by atoms with Gasteiger partial charge in [0, 0.05) is 12.5 Å². The van der Waals surface area contributed by atoms with Gasteiger partial charge in [0.1, 0.15) is 17.1 Å². The van der Waals surface area contributed by atoms with Gasteiger partial charge in [0.05, 0.1) is 11.1 Å². The fourth-order valence-electron chi connectivity index (χ4n) is 3.86. The third-order valence-corrected chi connectivity index (χ3v) is 5.09. The molecule has 1 heterocycles. The summed E-state index contributed by atoms with van der Waals surface area (Å²) in [7, 11) is 0. The molecule has 0 bridgehead atoms. The van der Waals surface area contributed by atoms with E-state index in [1.54, 1.807) is 18.2 Å². The molecule has 2 aromatic carbocycles. The van der Waals surface area contributed by atoms with Gasteiger partial charge in [-0.05, 0) is 56.9 Å². The van der Waals surface area contributed by atoms with Crippen LogP contribution in [0.25, 0.3) is 0 Å². The molecule has 0 radical (unpaired) electrons. The minimum absolute atomic E-state index is 0.164. The second kappa shape index (κ2) is 10.9. The fourth-order valence-corrected chi connectivity index (χ4v) is 3.86. The number of rotatable bonds is 5. The molecule has 34 heavy (non-hydrogen) atoms.